The number of hydrazone groups is 1. The molecule has 1 aromatic rings. The molecule has 1 rings (SSSR count). The van der Waals surface area contributed by atoms with E-state index < -0.39 is 0 Å². The molecule has 0 bridgehead atoms. The van der Waals surface area contributed by atoms with Crippen LogP contribution < -0.4 is 10.7 Å². The van der Waals surface area contributed by atoms with Crippen LogP contribution in [0.5, 0.6) is 0 Å². The van der Waals surface area contributed by atoms with Crippen molar-refractivity contribution in [2.75, 3.05) is 13.7 Å². The molecule has 0 fully saturated rings. The molecule has 0 saturated heterocycles. The van der Waals surface area contributed by atoms with Crippen molar-refractivity contribution >= 4 is 23.0 Å². The van der Waals surface area contributed by atoms with Crippen LogP contribution in [0.25, 0.3) is 0 Å². The molecule has 1 aromatic heterocycles. The molecular formula is C12H18N4OS. The third-order valence-corrected chi connectivity index (χ3v) is 2.41. The van der Waals surface area contributed by atoms with Crippen LogP contribution in [0.1, 0.15) is 19.4 Å². The lowest BCUT2D eigenvalue weighted by Gasteiger charge is -2.14. The first-order chi connectivity index (χ1) is 8.63. The SMILES string of the molecule is COC[C@@H](C)NC(=S)N/N=C(/C)c1cccnc1. The van der Waals surface area contributed by atoms with Gasteiger partial charge in [-0.05, 0) is 32.1 Å². The predicted molar refractivity (Wildman–Crippen MR) is 76.7 cm³/mol. The molecule has 5 nitrogen and oxygen atoms in total. The van der Waals surface area contributed by atoms with E-state index in [0.29, 0.717) is 11.7 Å². The molecule has 0 spiro atoms. The zero-order valence-corrected chi connectivity index (χ0v) is 11.6. The second-order valence-electron chi connectivity index (χ2n) is 3.88. The number of aromatic nitrogens is 1. The van der Waals surface area contributed by atoms with E-state index in [4.69, 9.17) is 17.0 Å². The number of hydrogen-bond donors (Lipinski definition) is 2. The molecule has 0 aliphatic carbocycles. The summed E-state index contributed by atoms with van der Waals surface area (Å²) >= 11 is 5.11. The van der Waals surface area contributed by atoms with E-state index in [-0.39, 0.29) is 6.04 Å². The van der Waals surface area contributed by atoms with E-state index in [2.05, 4.69) is 20.8 Å². The van der Waals surface area contributed by atoms with Gasteiger partial charge in [-0.3, -0.25) is 10.4 Å². The topological polar surface area (TPSA) is 58.5 Å². The van der Waals surface area contributed by atoms with Gasteiger partial charge in [-0.15, -0.1) is 0 Å². The van der Waals surface area contributed by atoms with E-state index >= 15 is 0 Å². The molecule has 18 heavy (non-hydrogen) atoms. The molecule has 0 aromatic carbocycles. The molecule has 98 valence electrons. The van der Waals surface area contributed by atoms with Gasteiger partial charge in [-0.2, -0.15) is 5.10 Å². The summed E-state index contributed by atoms with van der Waals surface area (Å²) in [5.41, 5.74) is 4.58. The van der Waals surface area contributed by atoms with Gasteiger partial charge in [0.05, 0.1) is 12.3 Å². The number of nitrogens with zero attached hydrogens (tertiary/aromatic N) is 2. The maximum atomic E-state index is 5.11. The largest absolute Gasteiger partial charge is 0.383 e. The highest BCUT2D eigenvalue weighted by atomic mass is 32.1. The Labute approximate surface area is 113 Å². The van der Waals surface area contributed by atoms with Crippen LogP contribution in [-0.4, -0.2) is 35.6 Å². The van der Waals surface area contributed by atoms with E-state index in [0.717, 1.165) is 11.3 Å². The Morgan fingerprint density at radius 1 is 1.61 bits per heavy atom. The minimum absolute atomic E-state index is 0.142. The maximum absolute atomic E-state index is 5.11. The number of methoxy groups -OCH3 is 1. The zero-order valence-electron chi connectivity index (χ0n) is 10.8. The molecule has 0 unspecified atom stereocenters. The molecule has 0 aliphatic heterocycles. The van der Waals surface area contributed by atoms with Crippen LogP contribution in [0.2, 0.25) is 0 Å². The highest BCUT2D eigenvalue weighted by Gasteiger charge is 2.02. The maximum Gasteiger partial charge on any atom is 0.187 e. The quantitative estimate of drug-likeness (QED) is 0.478. The van der Waals surface area contributed by atoms with Crippen molar-refractivity contribution in [2.45, 2.75) is 19.9 Å². The van der Waals surface area contributed by atoms with Crippen molar-refractivity contribution in [1.29, 1.82) is 0 Å². The van der Waals surface area contributed by atoms with Crippen LogP contribution in [-0.2, 0) is 4.74 Å². The normalized spacial score (nSPS) is 12.9. The van der Waals surface area contributed by atoms with Gasteiger partial charge in [-0.1, -0.05) is 6.07 Å². The number of rotatable bonds is 5. The van der Waals surface area contributed by atoms with Crippen molar-refractivity contribution in [2.24, 2.45) is 5.10 Å². The summed E-state index contributed by atoms with van der Waals surface area (Å²) in [5.74, 6) is 0. The second-order valence-corrected chi connectivity index (χ2v) is 4.29. The van der Waals surface area contributed by atoms with Crippen LogP contribution >= 0.6 is 12.2 Å². The number of ether oxygens (including phenoxy) is 1. The summed E-state index contributed by atoms with van der Waals surface area (Å²) in [7, 11) is 1.65. The lowest BCUT2D eigenvalue weighted by molar-refractivity contribution is 0.179. The number of hydrogen-bond acceptors (Lipinski definition) is 4. The third-order valence-electron chi connectivity index (χ3n) is 2.20. The van der Waals surface area contributed by atoms with Crippen molar-refractivity contribution < 1.29 is 4.74 Å². The first-order valence-electron chi connectivity index (χ1n) is 5.63. The molecular weight excluding hydrogens is 248 g/mol. The fourth-order valence-corrected chi connectivity index (χ4v) is 1.57. The van der Waals surface area contributed by atoms with Crippen molar-refractivity contribution in [3.8, 4) is 0 Å². The first-order valence-corrected chi connectivity index (χ1v) is 6.04. The van der Waals surface area contributed by atoms with E-state index in [1.165, 1.54) is 0 Å². The van der Waals surface area contributed by atoms with E-state index in [1.54, 1.807) is 19.5 Å². The van der Waals surface area contributed by atoms with E-state index in [1.807, 2.05) is 26.0 Å². The highest BCUT2D eigenvalue weighted by Crippen LogP contribution is 1.97. The average Bonchev–Trinajstić information content (AvgIpc) is 2.37. The molecule has 1 heterocycles. The zero-order chi connectivity index (χ0) is 13.4. The lowest BCUT2D eigenvalue weighted by Crippen LogP contribution is -2.40. The summed E-state index contributed by atoms with van der Waals surface area (Å²) in [5, 5.41) is 7.72. The Hall–Kier alpha value is -1.53. The van der Waals surface area contributed by atoms with Gasteiger partial charge in [0.15, 0.2) is 5.11 Å². The standard InChI is InChI=1S/C12H18N4OS/c1-9(8-17-3)14-12(18)16-15-10(2)11-5-4-6-13-7-11/h4-7,9H,8H2,1-3H3,(H2,14,16,18)/b15-10-/t9-/m1/s1. The fraction of sp³-hybridized carbons (Fsp3) is 0.417. The number of thiocarbonyl (C=S) groups is 1. The van der Waals surface area contributed by atoms with Gasteiger partial charge < -0.3 is 10.1 Å². The van der Waals surface area contributed by atoms with Crippen LogP contribution in [0.3, 0.4) is 0 Å². The van der Waals surface area contributed by atoms with Crippen molar-refractivity contribution in [1.82, 2.24) is 15.7 Å². The average molecular weight is 266 g/mol. The van der Waals surface area contributed by atoms with E-state index in [9.17, 15) is 0 Å². The Morgan fingerprint density at radius 2 is 2.39 bits per heavy atom. The van der Waals surface area contributed by atoms with Crippen LogP contribution in [0, 0.1) is 0 Å². The van der Waals surface area contributed by atoms with Gasteiger partial charge in [0.1, 0.15) is 0 Å². The van der Waals surface area contributed by atoms with Crippen molar-refractivity contribution in [3.05, 3.63) is 30.1 Å². The molecule has 0 radical (unpaired) electrons. The summed E-state index contributed by atoms with van der Waals surface area (Å²) in [6.45, 7) is 4.47. The predicted octanol–water partition coefficient (Wildman–Crippen LogP) is 1.30. The Kier molecular flexibility index (Phi) is 6.24. The van der Waals surface area contributed by atoms with Crippen molar-refractivity contribution in [3.63, 3.8) is 0 Å². The molecule has 0 aliphatic rings. The van der Waals surface area contributed by atoms with Gasteiger partial charge >= 0.3 is 0 Å². The van der Waals surface area contributed by atoms with Gasteiger partial charge in [0, 0.05) is 31.1 Å². The minimum Gasteiger partial charge on any atom is -0.383 e. The van der Waals surface area contributed by atoms with Crippen LogP contribution in [0.15, 0.2) is 29.6 Å². The van der Waals surface area contributed by atoms with Crippen LogP contribution in [0.4, 0.5) is 0 Å². The molecule has 2 N–H and O–H groups in total. The van der Waals surface area contributed by atoms with Gasteiger partial charge in [-0.25, -0.2) is 0 Å². The molecule has 6 heteroatoms. The highest BCUT2D eigenvalue weighted by molar-refractivity contribution is 7.80. The summed E-state index contributed by atoms with van der Waals surface area (Å²) < 4.78 is 5.01. The Morgan fingerprint density at radius 3 is 3.00 bits per heavy atom. The molecule has 0 saturated carbocycles. The minimum atomic E-state index is 0.142. The summed E-state index contributed by atoms with van der Waals surface area (Å²) in [6, 6.07) is 3.95. The van der Waals surface area contributed by atoms with Gasteiger partial charge in [0.25, 0.3) is 0 Å². The summed E-state index contributed by atoms with van der Waals surface area (Å²) in [4.78, 5) is 4.03. The Bertz CT molecular complexity index is 408. The smallest absolute Gasteiger partial charge is 0.187 e. The number of pyridine rings is 1. The summed E-state index contributed by atoms with van der Waals surface area (Å²) in [6.07, 6.45) is 3.48. The lowest BCUT2D eigenvalue weighted by atomic mass is 10.2. The Balaban J connectivity index is 2.46. The molecule has 1 atom stereocenters. The number of nitrogens with one attached hydrogen (secondary N) is 2. The second kappa shape index (κ2) is 7.73. The first kappa shape index (κ1) is 14.5. The fourth-order valence-electron chi connectivity index (χ4n) is 1.32. The van der Waals surface area contributed by atoms with Gasteiger partial charge in [0.2, 0.25) is 0 Å². The third kappa shape index (κ3) is 5.20. The monoisotopic (exact) mass is 266 g/mol. The molecule has 0 amide bonds.